The fourth-order valence-electron chi connectivity index (χ4n) is 3.63. The molecule has 1 N–H and O–H groups in total. The first-order chi connectivity index (χ1) is 12.9. The second kappa shape index (κ2) is 8.26. The van der Waals surface area contributed by atoms with Gasteiger partial charge in [-0.05, 0) is 32.0 Å². The zero-order valence-electron chi connectivity index (χ0n) is 15.4. The average molecular weight is 386 g/mol. The van der Waals surface area contributed by atoms with E-state index in [4.69, 9.17) is 14.2 Å². The molecule has 1 amide bonds. The molecular weight excluding hydrogens is 362 g/mol. The zero-order valence-corrected chi connectivity index (χ0v) is 15.4. The number of nitrogens with one attached hydrogen (secondary N) is 1. The number of rotatable bonds is 7. The molecule has 0 spiro atoms. The number of alkyl halides is 2. The van der Waals surface area contributed by atoms with Crippen LogP contribution in [-0.4, -0.2) is 58.1 Å². The van der Waals surface area contributed by atoms with Gasteiger partial charge in [-0.1, -0.05) is 0 Å². The van der Waals surface area contributed by atoms with Crippen LogP contribution in [-0.2, 0) is 16.1 Å². The number of ether oxygens (including phenoxy) is 4. The Labute approximate surface area is 156 Å². The van der Waals surface area contributed by atoms with Crippen molar-refractivity contribution < 1.29 is 32.5 Å². The summed E-state index contributed by atoms with van der Waals surface area (Å²) in [7, 11) is 3.22. The van der Waals surface area contributed by atoms with E-state index in [0.29, 0.717) is 36.5 Å². The molecule has 0 radical (unpaired) electrons. The topological polar surface area (TPSA) is 69.3 Å². The molecule has 0 aromatic heterocycles. The van der Waals surface area contributed by atoms with Gasteiger partial charge in [-0.25, -0.2) is 0 Å². The van der Waals surface area contributed by atoms with Crippen LogP contribution < -0.4 is 19.5 Å². The summed E-state index contributed by atoms with van der Waals surface area (Å²) < 4.78 is 46.1. The van der Waals surface area contributed by atoms with E-state index in [9.17, 15) is 13.6 Å². The number of benzene rings is 1. The maximum atomic E-state index is 13.2. The van der Waals surface area contributed by atoms with Crippen LogP contribution in [0.25, 0.3) is 0 Å². The number of methoxy groups -OCH3 is 1. The summed E-state index contributed by atoms with van der Waals surface area (Å²) in [4.78, 5) is 14.7. The molecule has 0 atom stereocenters. The number of nitrogens with zero attached hydrogens (tertiary/aromatic N) is 1. The van der Waals surface area contributed by atoms with Gasteiger partial charge in [0.15, 0.2) is 11.5 Å². The second-order valence-electron chi connectivity index (χ2n) is 6.82. The lowest BCUT2D eigenvalue weighted by Crippen LogP contribution is -2.50. The van der Waals surface area contributed by atoms with Gasteiger partial charge in [-0.3, -0.25) is 4.79 Å². The summed E-state index contributed by atoms with van der Waals surface area (Å²) in [6.07, 6.45) is 1.32. The summed E-state index contributed by atoms with van der Waals surface area (Å²) in [5, 5.41) is 3.24. The molecular formula is C18H24F2N2O5. The van der Waals surface area contributed by atoms with E-state index in [1.165, 1.54) is 11.0 Å². The number of hydrogen-bond donors (Lipinski definition) is 1. The fraction of sp³-hybridized carbons (Fsp3) is 0.611. The Bertz CT molecular complexity index is 674. The molecule has 0 unspecified atom stereocenters. The number of piperidine rings is 1. The molecule has 150 valence electrons. The molecule has 7 nitrogen and oxygen atoms in total. The Morgan fingerprint density at radius 1 is 1.30 bits per heavy atom. The van der Waals surface area contributed by atoms with Crippen molar-refractivity contribution in [2.24, 2.45) is 5.41 Å². The highest BCUT2D eigenvalue weighted by Gasteiger charge is 2.41. The van der Waals surface area contributed by atoms with Crippen LogP contribution in [0.1, 0.15) is 18.4 Å². The molecule has 3 rings (SSSR count). The highest BCUT2D eigenvalue weighted by atomic mass is 19.3. The number of carbonyl (C=O) groups excluding carboxylic acids is 1. The minimum atomic E-state index is -2.98. The summed E-state index contributed by atoms with van der Waals surface area (Å²) in [5.41, 5.74) is -0.189. The molecule has 1 aromatic rings. The van der Waals surface area contributed by atoms with Gasteiger partial charge in [0.25, 0.3) is 0 Å². The molecule has 2 aliphatic heterocycles. The van der Waals surface area contributed by atoms with E-state index in [1.807, 2.05) is 0 Å². The van der Waals surface area contributed by atoms with Crippen molar-refractivity contribution in [3.05, 3.63) is 17.7 Å². The Morgan fingerprint density at radius 2 is 1.96 bits per heavy atom. The SMILES string of the molecule is COCC1(C(=O)N(C)Cc2cc3c(cc2OC(F)F)OCO3)CCNCC1. The number of carbonyl (C=O) groups is 1. The molecule has 1 aromatic carbocycles. The van der Waals surface area contributed by atoms with Crippen LogP contribution in [0.4, 0.5) is 8.78 Å². The quantitative estimate of drug-likeness (QED) is 0.773. The number of halogens is 2. The molecule has 0 aliphatic carbocycles. The van der Waals surface area contributed by atoms with Crippen LogP contribution >= 0.6 is 0 Å². The number of fused-ring (bicyclic) bond motifs is 1. The number of hydrogen-bond acceptors (Lipinski definition) is 6. The van der Waals surface area contributed by atoms with Gasteiger partial charge >= 0.3 is 6.61 Å². The van der Waals surface area contributed by atoms with E-state index in [2.05, 4.69) is 10.1 Å². The predicted molar refractivity (Wildman–Crippen MR) is 92.1 cm³/mol. The first kappa shape index (κ1) is 19.6. The molecule has 1 fully saturated rings. The third kappa shape index (κ3) is 4.24. The van der Waals surface area contributed by atoms with Crippen molar-refractivity contribution in [2.75, 3.05) is 40.6 Å². The van der Waals surface area contributed by atoms with Crippen molar-refractivity contribution in [2.45, 2.75) is 26.0 Å². The van der Waals surface area contributed by atoms with Gasteiger partial charge in [0.2, 0.25) is 12.7 Å². The van der Waals surface area contributed by atoms with E-state index >= 15 is 0 Å². The maximum absolute atomic E-state index is 13.2. The van der Waals surface area contributed by atoms with E-state index in [0.717, 1.165) is 13.1 Å². The first-order valence-electron chi connectivity index (χ1n) is 8.78. The lowest BCUT2D eigenvalue weighted by atomic mass is 9.78. The van der Waals surface area contributed by atoms with Gasteiger partial charge < -0.3 is 29.2 Å². The largest absolute Gasteiger partial charge is 0.454 e. The standard InChI is InChI=1S/C18H24F2N2O5/c1-22(16(23)18(10-24-2)3-5-21-6-4-18)9-12-7-14-15(26-11-25-14)8-13(12)27-17(19)20/h7-8,17,21H,3-6,9-11H2,1-2H3. The summed E-state index contributed by atoms with van der Waals surface area (Å²) in [5.74, 6) is 0.685. The van der Waals surface area contributed by atoms with Gasteiger partial charge in [0.05, 0.1) is 12.0 Å². The average Bonchev–Trinajstić information content (AvgIpc) is 3.09. The van der Waals surface area contributed by atoms with Gasteiger partial charge in [0, 0.05) is 32.3 Å². The highest BCUT2D eigenvalue weighted by Crippen LogP contribution is 2.40. The molecule has 0 bridgehead atoms. The minimum Gasteiger partial charge on any atom is -0.454 e. The molecule has 2 aliphatic rings. The fourth-order valence-corrected chi connectivity index (χ4v) is 3.63. The molecule has 2 heterocycles. The monoisotopic (exact) mass is 386 g/mol. The molecule has 1 saturated heterocycles. The number of amides is 1. The third-order valence-electron chi connectivity index (χ3n) is 4.96. The summed E-state index contributed by atoms with van der Waals surface area (Å²) in [6.45, 7) is -1.07. The van der Waals surface area contributed by atoms with E-state index < -0.39 is 12.0 Å². The van der Waals surface area contributed by atoms with Gasteiger partial charge in [-0.2, -0.15) is 8.78 Å². The Balaban J connectivity index is 1.81. The molecule has 0 saturated carbocycles. The van der Waals surface area contributed by atoms with Crippen molar-refractivity contribution in [1.29, 1.82) is 0 Å². The smallest absolute Gasteiger partial charge is 0.387 e. The van der Waals surface area contributed by atoms with E-state index in [1.54, 1.807) is 20.2 Å². The second-order valence-corrected chi connectivity index (χ2v) is 6.82. The van der Waals surface area contributed by atoms with Crippen LogP contribution in [0.3, 0.4) is 0 Å². The summed E-state index contributed by atoms with van der Waals surface area (Å²) in [6, 6.07) is 2.95. The Hall–Kier alpha value is -2.13. The van der Waals surface area contributed by atoms with Crippen LogP contribution in [0.15, 0.2) is 12.1 Å². The van der Waals surface area contributed by atoms with Gasteiger partial charge in [0.1, 0.15) is 5.75 Å². The summed E-state index contributed by atoms with van der Waals surface area (Å²) >= 11 is 0. The lowest BCUT2D eigenvalue weighted by molar-refractivity contribution is -0.146. The van der Waals surface area contributed by atoms with Crippen molar-refractivity contribution in [3.63, 3.8) is 0 Å². The van der Waals surface area contributed by atoms with Gasteiger partial charge in [-0.15, -0.1) is 0 Å². The molecule has 9 heteroatoms. The lowest BCUT2D eigenvalue weighted by Gasteiger charge is -2.38. The Morgan fingerprint density at radius 3 is 2.59 bits per heavy atom. The maximum Gasteiger partial charge on any atom is 0.387 e. The first-order valence-corrected chi connectivity index (χ1v) is 8.78. The van der Waals surface area contributed by atoms with E-state index in [-0.39, 0.29) is 25.0 Å². The normalized spacial score (nSPS) is 17.8. The minimum absolute atomic E-state index is 0.0195. The van der Waals surface area contributed by atoms with Crippen LogP contribution in [0.5, 0.6) is 17.2 Å². The molecule has 27 heavy (non-hydrogen) atoms. The van der Waals surface area contributed by atoms with Crippen LogP contribution in [0.2, 0.25) is 0 Å². The predicted octanol–water partition coefficient (Wildman–Crippen LogP) is 1.99. The van der Waals surface area contributed by atoms with Crippen molar-refractivity contribution in [3.8, 4) is 17.2 Å². The van der Waals surface area contributed by atoms with Crippen molar-refractivity contribution in [1.82, 2.24) is 10.2 Å². The third-order valence-corrected chi connectivity index (χ3v) is 4.96. The Kier molecular flexibility index (Phi) is 6.01. The van der Waals surface area contributed by atoms with Crippen molar-refractivity contribution >= 4 is 5.91 Å². The highest BCUT2D eigenvalue weighted by molar-refractivity contribution is 5.83. The zero-order chi connectivity index (χ0) is 19.4. The van der Waals surface area contributed by atoms with Crippen LogP contribution in [0, 0.1) is 5.41 Å².